The van der Waals surface area contributed by atoms with Gasteiger partial charge in [0.05, 0.1) is 5.69 Å². The molecule has 0 saturated carbocycles. The van der Waals surface area contributed by atoms with Crippen LogP contribution in [0.25, 0.3) is 11.0 Å². The lowest BCUT2D eigenvalue weighted by Gasteiger charge is -2.17. The molecule has 0 aliphatic heterocycles. The molecule has 1 aromatic carbocycles. The van der Waals surface area contributed by atoms with Crippen molar-refractivity contribution in [3.63, 3.8) is 0 Å². The molecule has 0 radical (unpaired) electrons. The smallest absolute Gasteiger partial charge is 0.138 e. The number of nitrogens with one attached hydrogen (secondary N) is 1. The van der Waals surface area contributed by atoms with Crippen LogP contribution in [0.1, 0.15) is 16.8 Å². The van der Waals surface area contributed by atoms with Crippen molar-refractivity contribution in [2.45, 2.75) is 13.3 Å². The van der Waals surface area contributed by atoms with Crippen LogP contribution in [0.4, 0.5) is 10.1 Å². The van der Waals surface area contributed by atoms with E-state index in [4.69, 9.17) is 0 Å². The summed E-state index contributed by atoms with van der Waals surface area (Å²) >= 11 is 0. The average molecular weight is 321 g/mol. The van der Waals surface area contributed by atoms with E-state index in [2.05, 4.69) is 28.7 Å². The summed E-state index contributed by atoms with van der Waals surface area (Å²) in [6.07, 6.45) is 2.45. The Kier molecular flexibility index (Phi) is 4.81. The first-order chi connectivity index (χ1) is 11.7. The van der Waals surface area contributed by atoms with Crippen molar-refractivity contribution < 1.29 is 4.39 Å². The van der Waals surface area contributed by atoms with Crippen LogP contribution in [0.3, 0.4) is 0 Å². The molecule has 0 unspecified atom stereocenters. The Hall–Kier alpha value is -2.80. The molecule has 0 spiro atoms. The topological polar surface area (TPSA) is 31.9 Å². The van der Waals surface area contributed by atoms with Crippen molar-refractivity contribution in [2.75, 3.05) is 25.2 Å². The maximum absolute atomic E-state index is 12.4. The van der Waals surface area contributed by atoms with Crippen LogP contribution in [0.15, 0.2) is 42.6 Å². The normalized spacial score (nSPS) is 10.5. The number of hydrogen-bond donors (Lipinski definition) is 1. The molecule has 0 saturated heterocycles. The lowest BCUT2D eigenvalue weighted by Crippen LogP contribution is -2.19. The number of pyridine rings is 1. The predicted molar refractivity (Wildman–Crippen MR) is 97.1 cm³/mol. The van der Waals surface area contributed by atoms with Crippen LogP contribution >= 0.6 is 0 Å². The first-order valence-electron chi connectivity index (χ1n) is 7.97. The summed E-state index contributed by atoms with van der Waals surface area (Å²) < 4.78 is 12.4. The van der Waals surface area contributed by atoms with Crippen molar-refractivity contribution in [3.8, 4) is 11.8 Å². The van der Waals surface area contributed by atoms with Crippen molar-refractivity contribution in [3.05, 3.63) is 59.4 Å². The Bertz CT molecular complexity index is 885. The van der Waals surface area contributed by atoms with E-state index < -0.39 is 0 Å². The molecule has 0 atom stereocenters. The molecule has 0 aliphatic rings. The highest BCUT2D eigenvalue weighted by Crippen LogP contribution is 2.18. The van der Waals surface area contributed by atoms with Gasteiger partial charge in [0.1, 0.15) is 12.3 Å². The van der Waals surface area contributed by atoms with Crippen LogP contribution < -0.4 is 4.90 Å². The van der Waals surface area contributed by atoms with Gasteiger partial charge in [0, 0.05) is 37.3 Å². The second-order valence-corrected chi connectivity index (χ2v) is 5.78. The van der Waals surface area contributed by atoms with Gasteiger partial charge in [0.15, 0.2) is 0 Å². The minimum absolute atomic E-state index is 0.345. The SMILES string of the molecule is Cc1c(C#CCc2ccc(N(C)CCF)cc2)[nH]c2ncccc12. The van der Waals surface area contributed by atoms with Gasteiger partial charge < -0.3 is 9.88 Å². The lowest BCUT2D eigenvalue weighted by atomic mass is 10.1. The first-order valence-corrected chi connectivity index (χ1v) is 7.97. The minimum Gasteiger partial charge on any atom is -0.372 e. The van der Waals surface area contributed by atoms with E-state index >= 15 is 0 Å². The van der Waals surface area contributed by atoms with E-state index in [1.165, 1.54) is 0 Å². The highest BCUT2D eigenvalue weighted by molar-refractivity contribution is 5.82. The Labute approximate surface area is 141 Å². The number of fused-ring (bicyclic) bond motifs is 1. The largest absolute Gasteiger partial charge is 0.372 e. The molecule has 3 aromatic rings. The first kappa shape index (κ1) is 16.1. The number of aryl methyl sites for hydroxylation is 1. The summed E-state index contributed by atoms with van der Waals surface area (Å²) in [5.74, 6) is 6.41. The fourth-order valence-corrected chi connectivity index (χ4v) is 2.64. The molecule has 2 aromatic heterocycles. The van der Waals surface area contributed by atoms with Gasteiger partial charge in [-0.25, -0.2) is 9.37 Å². The molecule has 4 heteroatoms. The Morgan fingerprint density at radius 2 is 2.00 bits per heavy atom. The van der Waals surface area contributed by atoms with E-state index in [9.17, 15) is 4.39 Å². The third kappa shape index (κ3) is 3.41. The fraction of sp³-hybridized carbons (Fsp3) is 0.250. The predicted octanol–water partition coefficient (Wildman–Crippen LogP) is 3.87. The van der Waals surface area contributed by atoms with Crippen LogP contribution in [0.2, 0.25) is 0 Å². The number of benzene rings is 1. The van der Waals surface area contributed by atoms with Gasteiger partial charge >= 0.3 is 0 Å². The highest BCUT2D eigenvalue weighted by Gasteiger charge is 2.05. The Morgan fingerprint density at radius 1 is 1.21 bits per heavy atom. The Balaban J connectivity index is 1.71. The number of aromatic amines is 1. The van der Waals surface area contributed by atoms with Gasteiger partial charge in [-0.2, -0.15) is 0 Å². The second-order valence-electron chi connectivity index (χ2n) is 5.78. The maximum Gasteiger partial charge on any atom is 0.138 e. The molecule has 0 aliphatic carbocycles. The maximum atomic E-state index is 12.4. The number of anilines is 1. The molecule has 0 amide bonds. The van der Waals surface area contributed by atoms with Gasteiger partial charge in [-0.15, -0.1) is 0 Å². The van der Waals surface area contributed by atoms with E-state index in [1.807, 2.05) is 48.3 Å². The van der Waals surface area contributed by atoms with Crippen LogP contribution in [0, 0.1) is 18.8 Å². The molecule has 24 heavy (non-hydrogen) atoms. The molecule has 3 rings (SSSR count). The van der Waals surface area contributed by atoms with Gasteiger partial charge in [-0.3, -0.25) is 0 Å². The molecule has 122 valence electrons. The second kappa shape index (κ2) is 7.18. The summed E-state index contributed by atoms with van der Waals surface area (Å²) in [7, 11) is 1.89. The standard InChI is InChI=1S/C20H20FN3/c1-15-18-6-4-13-22-20(18)23-19(15)7-3-5-16-8-10-17(11-9-16)24(2)14-12-21/h4,6,8-11,13H,5,12,14H2,1-2H3,(H,22,23). The van der Waals surface area contributed by atoms with Crippen LogP contribution in [0.5, 0.6) is 0 Å². The zero-order valence-electron chi connectivity index (χ0n) is 13.9. The summed E-state index contributed by atoms with van der Waals surface area (Å²) in [5.41, 5.74) is 5.09. The molecule has 0 fully saturated rings. The number of hydrogen-bond acceptors (Lipinski definition) is 2. The third-order valence-corrected chi connectivity index (χ3v) is 4.13. The molecular formula is C20H20FN3. The quantitative estimate of drug-likeness (QED) is 0.740. The zero-order chi connectivity index (χ0) is 16.9. The van der Waals surface area contributed by atoms with Crippen molar-refractivity contribution in [1.82, 2.24) is 9.97 Å². The number of halogens is 1. The fourth-order valence-electron chi connectivity index (χ4n) is 2.64. The Morgan fingerprint density at radius 3 is 2.71 bits per heavy atom. The van der Waals surface area contributed by atoms with Gasteiger partial charge in [0.25, 0.3) is 0 Å². The molecule has 1 N–H and O–H groups in total. The van der Waals surface area contributed by atoms with Crippen LogP contribution in [-0.2, 0) is 6.42 Å². The van der Waals surface area contributed by atoms with Gasteiger partial charge in [-0.1, -0.05) is 18.1 Å². The number of alkyl halides is 1. The summed E-state index contributed by atoms with van der Waals surface area (Å²) in [6, 6.07) is 12.1. The minimum atomic E-state index is -0.345. The van der Waals surface area contributed by atoms with E-state index in [0.29, 0.717) is 13.0 Å². The van der Waals surface area contributed by atoms with Crippen LogP contribution in [-0.4, -0.2) is 30.2 Å². The average Bonchev–Trinajstić information content (AvgIpc) is 2.92. The van der Waals surface area contributed by atoms with Gasteiger partial charge in [-0.05, 0) is 48.2 Å². The summed E-state index contributed by atoms with van der Waals surface area (Å²) in [6.45, 7) is 2.12. The molecule has 3 nitrogen and oxygen atoms in total. The van der Waals surface area contributed by atoms with Crippen molar-refractivity contribution in [2.24, 2.45) is 0 Å². The summed E-state index contributed by atoms with van der Waals surface area (Å²) in [5, 5.41) is 1.11. The number of aromatic nitrogens is 2. The highest BCUT2D eigenvalue weighted by atomic mass is 19.1. The van der Waals surface area contributed by atoms with E-state index in [1.54, 1.807) is 6.20 Å². The molecular weight excluding hydrogens is 301 g/mol. The monoisotopic (exact) mass is 321 g/mol. The molecule has 0 bridgehead atoms. The number of rotatable bonds is 4. The zero-order valence-corrected chi connectivity index (χ0v) is 13.9. The number of H-pyrrole nitrogens is 1. The van der Waals surface area contributed by atoms with Gasteiger partial charge in [0.2, 0.25) is 0 Å². The molecule has 2 heterocycles. The lowest BCUT2D eigenvalue weighted by molar-refractivity contribution is 0.497. The van der Waals surface area contributed by atoms with Crippen molar-refractivity contribution >= 4 is 16.7 Å². The number of nitrogens with zero attached hydrogens (tertiary/aromatic N) is 2. The van der Waals surface area contributed by atoms with E-state index in [0.717, 1.165) is 33.5 Å². The third-order valence-electron chi connectivity index (χ3n) is 4.13. The summed E-state index contributed by atoms with van der Waals surface area (Å²) in [4.78, 5) is 9.48. The van der Waals surface area contributed by atoms with Crippen molar-refractivity contribution in [1.29, 1.82) is 0 Å². The van der Waals surface area contributed by atoms with E-state index in [-0.39, 0.29) is 6.67 Å².